The highest BCUT2D eigenvalue weighted by atomic mass is 32.1. The molecule has 1 aromatic heterocycles. The van der Waals surface area contributed by atoms with Gasteiger partial charge in [0.15, 0.2) is 0 Å². The number of carbonyl (C=O) groups excluding carboxylic acids is 1. The van der Waals surface area contributed by atoms with E-state index in [1.54, 1.807) is 5.38 Å². The van der Waals surface area contributed by atoms with Gasteiger partial charge in [0.25, 0.3) is 5.91 Å². The molecular weight excluding hydrogens is 298 g/mol. The molecular formula is C16H19N3O2S. The van der Waals surface area contributed by atoms with Crippen LogP contribution in [0.4, 0.5) is 0 Å². The molecule has 1 amide bonds. The minimum Gasteiger partial charge on any atom is -0.334 e. The van der Waals surface area contributed by atoms with Crippen LogP contribution in [0.2, 0.25) is 0 Å². The Balaban J connectivity index is 1.70. The summed E-state index contributed by atoms with van der Waals surface area (Å²) in [5.74, 6) is -0.0792. The highest BCUT2D eigenvalue weighted by Crippen LogP contribution is 2.15. The highest BCUT2D eigenvalue weighted by molar-refractivity contribution is 7.07. The number of aromatic amines is 1. The maximum Gasteiger partial charge on any atom is 0.305 e. The van der Waals surface area contributed by atoms with Crippen molar-refractivity contribution in [3.63, 3.8) is 0 Å². The molecule has 1 fully saturated rings. The molecule has 1 aliphatic rings. The number of likely N-dealkylation sites (N-methyl/N-ethyl adjacent to an activating group) is 1. The second kappa shape index (κ2) is 6.46. The van der Waals surface area contributed by atoms with Crippen molar-refractivity contribution in [2.75, 3.05) is 26.7 Å². The van der Waals surface area contributed by atoms with Crippen molar-refractivity contribution in [1.82, 2.24) is 14.8 Å². The maximum absolute atomic E-state index is 12.5. The van der Waals surface area contributed by atoms with Crippen LogP contribution in [0.1, 0.15) is 16.1 Å². The predicted octanol–water partition coefficient (Wildman–Crippen LogP) is 1.44. The zero-order chi connectivity index (χ0) is 15.5. The van der Waals surface area contributed by atoms with Crippen LogP contribution in [0.25, 0.3) is 0 Å². The Hall–Kier alpha value is -1.92. The first-order chi connectivity index (χ1) is 10.6. The first-order valence-corrected chi connectivity index (χ1v) is 8.22. The Morgan fingerprint density at radius 1 is 1.32 bits per heavy atom. The highest BCUT2D eigenvalue weighted by Gasteiger charge is 2.28. The van der Waals surface area contributed by atoms with E-state index in [4.69, 9.17) is 0 Å². The summed E-state index contributed by atoms with van der Waals surface area (Å²) in [6.45, 7) is 2.22. The minimum atomic E-state index is -0.182. The monoisotopic (exact) mass is 317 g/mol. The first kappa shape index (κ1) is 15.0. The van der Waals surface area contributed by atoms with Crippen LogP contribution in [0, 0.1) is 0 Å². The van der Waals surface area contributed by atoms with Crippen molar-refractivity contribution in [2.45, 2.75) is 12.5 Å². The lowest BCUT2D eigenvalue weighted by atomic mass is 10.0. The Kier molecular flexibility index (Phi) is 4.40. The third-order valence-electron chi connectivity index (χ3n) is 4.13. The van der Waals surface area contributed by atoms with Crippen molar-refractivity contribution >= 4 is 17.2 Å². The SMILES string of the molecule is CN1CCN(C(=O)c2csc(=O)[nH]2)CC1Cc1ccccc1. The lowest BCUT2D eigenvalue weighted by Gasteiger charge is -2.39. The molecule has 0 radical (unpaired) electrons. The molecule has 1 aromatic carbocycles. The predicted molar refractivity (Wildman–Crippen MR) is 87.4 cm³/mol. The van der Waals surface area contributed by atoms with Gasteiger partial charge in [-0.25, -0.2) is 0 Å². The molecule has 5 nitrogen and oxygen atoms in total. The molecule has 2 heterocycles. The average Bonchev–Trinajstić information content (AvgIpc) is 2.96. The van der Waals surface area contributed by atoms with Gasteiger partial charge in [-0.15, -0.1) is 0 Å². The molecule has 22 heavy (non-hydrogen) atoms. The number of amides is 1. The van der Waals surface area contributed by atoms with E-state index in [-0.39, 0.29) is 10.8 Å². The van der Waals surface area contributed by atoms with Gasteiger partial charge in [0.05, 0.1) is 0 Å². The zero-order valence-corrected chi connectivity index (χ0v) is 13.3. The lowest BCUT2D eigenvalue weighted by molar-refractivity contribution is 0.0542. The van der Waals surface area contributed by atoms with Gasteiger partial charge in [0.2, 0.25) is 0 Å². The van der Waals surface area contributed by atoms with Gasteiger partial charge in [-0.05, 0) is 19.0 Å². The van der Waals surface area contributed by atoms with Crippen molar-refractivity contribution in [3.8, 4) is 0 Å². The van der Waals surface area contributed by atoms with Gasteiger partial charge in [0.1, 0.15) is 5.69 Å². The summed E-state index contributed by atoms with van der Waals surface area (Å²) in [7, 11) is 2.10. The maximum atomic E-state index is 12.5. The normalized spacial score (nSPS) is 19.3. The molecule has 0 saturated carbocycles. The van der Waals surface area contributed by atoms with Crippen LogP contribution >= 0.6 is 11.3 Å². The number of rotatable bonds is 3. The third-order valence-corrected chi connectivity index (χ3v) is 4.80. The molecule has 2 aromatic rings. The fraction of sp³-hybridized carbons (Fsp3) is 0.375. The topological polar surface area (TPSA) is 56.4 Å². The van der Waals surface area contributed by atoms with E-state index in [2.05, 4.69) is 29.1 Å². The van der Waals surface area contributed by atoms with E-state index in [9.17, 15) is 9.59 Å². The Labute approximate surface area is 133 Å². The Bertz CT molecular complexity index is 695. The molecule has 0 aliphatic carbocycles. The molecule has 116 valence electrons. The number of hydrogen-bond acceptors (Lipinski definition) is 4. The number of piperazine rings is 1. The van der Waals surface area contributed by atoms with Gasteiger partial charge < -0.3 is 9.88 Å². The molecule has 1 N–H and O–H groups in total. The number of H-pyrrole nitrogens is 1. The van der Waals surface area contributed by atoms with Gasteiger partial charge in [0, 0.05) is 31.1 Å². The second-order valence-corrected chi connectivity index (χ2v) is 6.48. The number of nitrogens with zero attached hydrogens (tertiary/aromatic N) is 2. The van der Waals surface area contributed by atoms with Gasteiger partial charge in [-0.1, -0.05) is 41.7 Å². The third kappa shape index (κ3) is 3.28. The van der Waals surface area contributed by atoms with Gasteiger partial charge in [-0.3, -0.25) is 14.5 Å². The molecule has 1 aliphatic heterocycles. The molecule has 6 heteroatoms. The molecule has 1 saturated heterocycles. The van der Waals surface area contributed by atoms with Crippen LogP contribution in [-0.4, -0.2) is 53.4 Å². The largest absolute Gasteiger partial charge is 0.334 e. The smallest absolute Gasteiger partial charge is 0.305 e. The second-order valence-electron chi connectivity index (χ2n) is 5.64. The van der Waals surface area contributed by atoms with Crippen LogP contribution in [0.3, 0.4) is 0 Å². The molecule has 1 unspecified atom stereocenters. The fourth-order valence-corrected chi connectivity index (χ4v) is 3.35. The number of carbonyl (C=O) groups is 1. The average molecular weight is 317 g/mol. The van der Waals surface area contributed by atoms with Crippen molar-refractivity contribution in [1.29, 1.82) is 0 Å². The summed E-state index contributed by atoms with van der Waals surface area (Å²) in [5, 5.41) is 1.61. The molecule has 0 bridgehead atoms. The van der Waals surface area contributed by atoms with Crippen LogP contribution in [0.5, 0.6) is 0 Å². The number of benzene rings is 1. The zero-order valence-electron chi connectivity index (χ0n) is 12.5. The fourth-order valence-electron chi connectivity index (χ4n) is 2.79. The van der Waals surface area contributed by atoms with E-state index >= 15 is 0 Å². The number of hydrogen-bond donors (Lipinski definition) is 1. The van der Waals surface area contributed by atoms with Crippen molar-refractivity contribution < 1.29 is 4.79 Å². The van der Waals surface area contributed by atoms with E-state index in [0.717, 1.165) is 24.3 Å². The van der Waals surface area contributed by atoms with E-state index < -0.39 is 0 Å². The summed E-state index contributed by atoms with van der Waals surface area (Å²) in [6.07, 6.45) is 0.918. The van der Waals surface area contributed by atoms with Crippen LogP contribution in [-0.2, 0) is 6.42 Å². The first-order valence-electron chi connectivity index (χ1n) is 7.35. The van der Waals surface area contributed by atoms with Gasteiger partial charge >= 0.3 is 4.87 Å². The summed E-state index contributed by atoms with van der Waals surface area (Å²) in [4.78, 5) is 30.2. The Morgan fingerprint density at radius 3 is 2.77 bits per heavy atom. The lowest BCUT2D eigenvalue weighted by Crippen LogP contribution is -2.54. The molecule has 0 spiro atoms. The molecule has 3 rings (SSSR count). The summed E-state index contributed by atoms with van der Waals surface area (Å²) < 4.78 is 0. The standard InChI is InChI=1S/C16H19N3O2S/c1-18-7-8-19(15(20)14-11-22-16(21)17-14)10-13(18)9-12-5-3-2-4-6-12/h2-6,11,13H,7-10H2,1H3,(H,17,21). The Morgan fingerprint density at radius 2 is 2.09 bits per heavy atom. The van der Waals surface area contributed by atoms with Crippen LogP contribution in [0.15, 0.2) is 40.5 Å². The minimum absolute atomic E-state index is 0.0792. The van der Waals surface area contributed by atoms with Gasteiger partial charge in [-0.2, -0.15) is 0 Å². The van der Waals surface area contributed by atoms with E-state index in [0.29, 0.717) is 24.8 Å². The molecule has 1 atom stereocenters. The number of nitrogens with one attached hydrogen (secondary N) is 1. The quantitative estimate of drug-likeness (QED) is 0.932. The summed E-state index contributed by atoms with van der Waals surface area (Å²) >= 11 is 1.03. The van der Waals surface area contributed by atoms with Crippen LogP contribution < -0.4 is 4.87 Å². The van der Waals surface area contributed by atoms with Crippen molar-refractivity contribution in [3.05, 3.63) is 56.6 Å². The summed E-state index contributed by atoms with van der Waals surface area (Å²) in [6, 6.07) is 10.6. The van der Waals surface area contributed by atoms with E-state index in [1.165, 1.54) is 5.56 Å². The van der Waals surface area contributed by atoms with E-state index in [1.807, 2.05) is 23.1 Å². The number of thiazole rings is 1. The summed E-state index contributed by atoms with van der Waals surface area (Å²) in [5.41, 5.74) is 1.68. The number of aromatic nitrogens is 1. The van der Waals surface area contributed by atoms with Crippen molar-refractivity contribution in [2.24, 2.45) is 0 Å².